The van der Waals surface area contributed by atoms with Crippen LogP contribution in [0.1, 0.15) is 71.2 Å². The van der Waals surface area contributed by atoms with Crippen molar-refractivity contribution in [1.82, 2.24) is 9.71 Å². The number of anilines is 1. The number of hydrogen-bond donors (Lipinski definition) is 3. The van der Waals surface area contributed by atoms with Crippen molar-refractivity contribution in [3.05, 3.63) is 29.4 Å². The number of sulfonamides is 1. The molecule has 1 aliphatic rings. The summed E-state index contributed by atoms with van der Waals surface area (Å²) in [5.74, 6) is 0.350. The van der Waals surface area contributed by atoms with Crippen molar-refractivity contribution in [3.63, 3.8) is 0 Å². The molecule has 3 rings (SSSR count). The number of nitrogens with one attached hydrogen (secondary N) is 2. The van der Waals surface area contributed by atoms with E-state index in [1.54, 1.807) is 52.9 Å². The van der Waals surface area contributed by atoms with Gasteiger partial charge in [0, 0.05) is 34.9 Å². The molecule has 2 aromatic rings. The Balaban J connectivity index is 1.97. The van der Waals surface area contributed by atoms with Gasteiger partial charge < -0.3 is 10.5 Å². The average molecular weight is 495 g/mol. The molecule has 1 aliphatic carbocycles. The fraction of sp³-hybridized carbons (Fsp3) is 0.565. The lowest BCUT2D eigenvalue weighted by Gasteiger charge is -2.24. The van der Waals surface area contributed by atoms with Crippen molar-refractivity contribution in [2.24, 2.45) is 5.73 Å². The maximum atomic E-state index is 13.3. The highest BCUT2D eigenvalue weighted by Crippen LogP contribution is 2.39. The first-order valence-electron chi connectivity index (χ1n) is 11.2. The molecule has 0 aliphatic heterocycles. The average Bonchev–Trinajstić information content (AvgIpc) is 3.16. The predicted octanol–water partition coefficient (Wildman–Crippen LogP) is 4.83. The summed E-state index contributed by atoms with van der Waals surface area (Å²) in [6.07, 6.45) is 4.74. The van der Waals surface area contributed by atoms with Gasteiger partial charge in [0.05, 0.1) is 20.9 Å². The third-order valence-corrected chi connectivity index (χ3v) is 8.20. The molecule has 0 saturated heterocycles. The number of carbonyl (C=O) groups is 1. The number of nitrogens with two attached hydrogens (primary N) is 1. The molecule has 4 N–H and O–H groups in total. The molecule has 8 nitrogen and oxygen atoms in total. The number of ether oxygens (including phenoxy) is 1. The van der Waals surface area contributed by atoms with Gasteiger partial charge in [-0.05, 0) is 72.4 Å². The number of nitrogens with zero attached hydrogens (tertiary/aromatic N) is 1. The molecule has 1 aromatic carbocycles. The molecule has 0 spiro atoms. The van der Waals surface area contributed by atoms with Crippen LogP contribution in [0.15, 0.2) is 29.3 Å². The number of hydrogen-bond acceptors (Lipinski definition) is 7. The molecule has 1 amide bonds. The highest BCUT2D eigenvalue weighted by molar-refractivity contribution is 7.89. The van der Waals surface area contributed by atoms with Gasteiger partial charge in [0.15, 0.2) is 0 Å². The summed E-state index contributed by atoms with van der Waals surface area (Å²) in [5.41, 5.74) is 6.25. The molecule has 182 valence electrons. The van der Waals surface area contributed by atoms with Crippen molar-refractivity contribution < 1.29 is 17.9 Å². The zero-order chi connectivity index (χ0) is 24.4. The summed E-state index contributed by atoms with van der Waals surface area (Å²) < 4.78 is 34.5. The monoisotopic (exact) mass is 494 g/mol. The van der Waals surface area contributed by atoms with Crippen LogP contribution in [0.4, 0.5) is 10.5 Å². The Labute approximate surface area is 200 Å². The minimum absolute atomic E-state index is 0.0839. The third kappa shape index (κ3) is 6.99. The summed E-state index contributed by atoms with van der Waals surface area (Å²) in [6, 6.07) is 5.09. The fourth-order valence-electron chi connectivity index (χ4n) is 3.81. The van der Waals surface area contributed by atoms with Gasteiger partial charge in [-0.25, -0.2) is 22.9 Å². The minimum atomic E-state index is -3.88. The maximum Gasteiger partial charge on any atom is 0.411 e. The lowest BCUT2D eigenvalue weighted by atomic mass is 9.87. The molecule has 10 heteroatoms. The second-order valence-corrected chi connectivity index (χ2v) is 12.5. The first kappa shape index (κ1) is 25.6. The Hall–Kier alpha value is -2.01. The Kier molecular flexibility index (Phi) is 7.83. The molecule has 33 heavy (non-hydrogen) atoms. The van der Waals surface area contributed by atoms with E-state index >= 15 is 0 Å². The van der Waals surface area contributed by atoms with Crippen molar-refractivity contribution >= 4 is 33.1 Å². The largest absolute Gasteiger partial charge is 0.447 e. The van der Waals surface area contributed by atoms with Crippen LogP contribution < -0.4 is 15.8 Å². The van der Waals surface area contributed by atoms with E-state index < -0.39 is 21.7 Å². The molecule has 0 unspecified atom stereocenters. The van der Waals surface area contributed by atoms with Crippen molar-refractivity contribution in [2.75, 3.05) is 5.32 Å². The van der Waals surface area contributed by atoms with Crippen molar-refractivity contribution in [2.45, 2.75) is 88.8 Å². The van der Waals surface area contributed by atoms with E-state index in [0.29, 0.717) is 17.2 Å². The standard InChI is InChI=1S/C23H34N4O4S2/c1-14(2)31-22(28)26-17-10-11-18(20(12-17)33(29,30)27-23(3,4)5)19-13-25-21(32-19)15-6-8-16(24)9-7-15/h10-16,27H,6-9,24H2,1-5H3,(H,26,28)/t15-,16-. The summed E-state index contributed by atoms with van der Waals surface area (Å²) >= 11 is 1.51. The lowest BCUT2D eigenvalue weighted by molar-refractivity contribution is 0.130. The predicted molar refractivity (Wildman–Crippen MR) is 132 cm³/mol. The Bertz CT molecular complexity index is 1080. The quantitative estimate of drug-likeness (QED) is 0.528. The van der Waals surface area contributed by atoms with Crippen molar-refractivity contribution in [1.29, 1.82) is 0 Å². The van der Waals surface area contributed by atoms with Gasteiger partial charge in [-0.2, -0.15) is 0 Å². The number of benzene rings is 1. The first-order valence-corrected chi connectivity index (χ1v) is 13.5. The van der Waals surface area contributed by atoms with Crippen molar-refractivity contribution in [3.8, 4) is 10.4 Å². The van der Waals surface area contributed by atoms with E-state index in [4.69, 9.17) is 10.5 Å². The van der Waals surface area contributed by atoms with Gasteiger partial charge in [-0.15, -0.1) is 11.3 Å². The molecule has 0 radical (unpaired) electrons. The lowest BCUT2D eigenvalue weighted by Crippen LogP contribution is -2.40. The zero-order valence-electron chi connectivity index (χ0n) is 19.8. The summed E-state index contributed by atoms with van der Waals surface area (Å²) in [5, 5.41) is 3.62. The Morgan fingerprint density at radius 3 is 2.48 bits per heavy atom. The number of rotatable bonds is 6. The molecule has 1 saturated carbocycles. The van der Waals surface area contributed by atoms with Gasteiger partial charge in [0.25, 0.3) is 0 Å². The Morgan fingerprint density at radius 1 is 1.21 bits per heavy atom. The maximum absolute atomic E-state index is 13.3. The molecule has 1 fully saturated rings. The van der Waals surface area contributed by atoms with Crippen LogP contribution in [0, 0.1) is 0 Å². The minimum Gasteiger partial charge on any atom is -0.447 e. The molecule has 1 heterocycles. The SMILES string of the molecule is CC(C)OC(=O)Nc1ccc(-c2cnc([C@H]3CC[C@H](N)CC3)s2)c(S(=O)(=O)NC(C)(C)C)c1. The van der Waals surface area contributed by atoms with Crippen LogP contribution in [0.3, 0.4) is 0 Å². The van der Waals surface area contributed by atoms with E-state index in [1.165, 1.54) is 17.4 Å². The van der Waals surface area contributed by atoms with Gasteiger partial charge in [0.2, 0.25) is 10.0 Å². The second-order valence-electron chi connectivity index (χ2n) is 9.82. The van der Waals surface area contributed by atoms with Crippen LogP contribution in [0.25, 0.3) is 10.4 Å². The zero-order valence-corrected chi connectivity index (χ0v) is 21.5. The van der Waals surface area contributed by atoms with E-state index in [2.05, 4.69) is 15.0 Å². The third-order valence-electron chi connectivity index (χ3n) is 5.21. The van der Waals surface area contributed by atoms with Gasteiger partial charge in [-0.1, -0.05) is 6.07 Å². The molecule has 0 atom stereocenters. The van der Waals surface area contributed by atoms with Gasteiger partial charge in [-0.3, -0.25) is 5.32 Å². The molecule has 0 bridgehead atoms. The van der Waals surface area contributed by atoms with Gasteiger partial charge >= 0.3 is 6.09 Å². The number of carbonyl (C=O) groups excluding carboxylic acids is 1. The van der Waals surface area contributed by atoms with E-state index in [1.807, 2.05) is 0 Å². The summed E-state index contributed by atoms with van der Waals surface area (Å²) in [4.78, 5) is 17.5. The fourth-order valence-corrected chi connectivity index (χ4v) is 6.67. The van der Waals surface area contributed by atoms with Gasteiger partial charge in [0.1, 0.15) is 0 Å². The van der Waals surface area contributed by atoms with E-state index in [-0.39, 0.29) is 17.0 Å². The smallest absolute Gasteiger partial charge is 0.411 e. The number of amides is 1. The molecule has 1 aromatic heterocycles. The first-order chi connectivity index (χ1) is 15.3. The van der Waals surface area contributed by atoms with Crippen LogP contribution in [-0.4, -0.2) is 37.2 Å². The number of thiazole rings is 1. The van der Waals surface area contributed by atoms with Crippen LogP contribution in [0.5, 0.6) is 0 Å². The van der Waals surface area contributed by atoms with Crippen LogP contribution in [-0.2, 0) is 14.8 Å². The van der Waals surface area contributed by atoms with Crippen LogP contribution >= 0.6 is 11.3 Å². The van der Waals surface area contributed by atoms with E-state index in [9.17, 15) is 13.2 Å². The normalized spacial score (nSPS) is 19.5. The molecular formula is C23H34N4O4S2. The summed E-state index contributed by atoms with van der Waals surface area (Å²) in [6.45, 7) is 8.83. The van der Waals surface area contributed by atoms with E-state index in [0.717, 1.165) is 35.6 Å². The van der Waals surface area contributed by atoms with Crippen LogP contribution in [0.2, 0.25) is 0 Å². The second kappa shape index (κ2) is 10.1. The summed E-state index contributed by atoms with van der Waals surface area (Å²) in [7, 11) is -3.88. The molecular weight excluding hydrogens is 460 g/mol. The highest BCUT2D eigenvalue weighted by atomic mass is 32.2. The number of aromatic nitrogens is 1. The highest BCUT2D eigenvalue weighted by Gasteiger charge is 2.28. The topological polar surface area (TPSA) is 123 Å². The Morgan fingerprint density at radius 2 is 1.88 bits per heavy atom.